The van der Waals surface area contributed by atoms with E-state index in [4.69, 9.17) is 0 Å². The lowest BCUT2D eigenvalue weighted by atomic mass is 9.92. The molecule has 1 aliphatic rings. The first-order valence-electron chi connectivity index (χ1n) is 8.82. The standard InChI is InChI=1S/C19H29FN4O/c1-5-22-16(25)18(2,3)12-23-17(21-4)24-13-19(9-10-19)14-7-6-8-15(20)11-14/h6-8,11H,5,9-10,12-13H2,1-4H3,(H,22,25)(H2,21,23,24). The van der Waals surface area contributed by atoms with Crippen LogP contribution in [0.1, 0.15) is 39.2 Å². The van der Waals surface area contributed by atoms with Crippen LogP contribution in [-0.4, -0.2) is 38.5 Å². The lowest BCUT2D eigenvalue weighted by molar-refractivity contribution is -0.128. The fourth-order valence-electron chi connectivity index (χ4n) is 2.80. The summed E-state index contributed by atoms with van der Waals surface area (Å²) in [6.07, 6.45) is 2.07. The molecule has 138 valence electrons. The van der Waals surface area contributed by atoms with Gasteiger partial charge in [0.2, 0.25) is 5.91 Å². The van der Waals surface area contributed by atoms with E-state index in [1.165, 1.54) is 6.07 Å². The van der Waals surface area contributed by atoms with E-state index in [1.807, 2.05) is 26.8 Å². The van der Waals surface area contributed by atoms with Crippen LogP contribution in [0.15, 0.2) is 29.3 Å². The zero-order valence-electron chi connectivity index (χ0n) is 15.6. The van der Waals surface area contributed by atoms with Gasteiger partial charge in [0.05, 0.1) is 5.41 Å². The third-order valence-corrected chi connectivity index (χ3v) is 4.76. The molecule has 0 saturated heterocycles. The summed E-state index contributed by atoms with van der Waals surface area (Å²) in [6.45, 7) is 7.48. The SMILES string of the molecule is CCNC(=O)C(C)(C)CNC(=NC)NCC1(c2cccc(F)c2)CC1. The summed E-state index contributed by atoms with van der Waals surface area (Å²) >= 11 is 0. The van der Waals surface area contributed by atoms with Crippen molar-refractivity contribution in [3.63, 3.8) is 0 Å². The first kappa shape index (κ1) is 19.2. The minimum Gasteiger partial charge on any atom is -0.356 e. The Bertz CT molecular complexity index is 638. The van der Waals surface area contributed by atoms with Gasteiger partial charge in [-0.05, 0) is 51.3 Å². The molecule has 1 saturated carbocycles. The topological polar surface area (TPSA) is 65.5 Å². The minimum absolute atomic E-state index is 0.0105. The van der Waals surface area contributed by atoms with Gasteiger partial charge in [-0.25, -0.2) is 4.39 Å². The predicted molar refractivity (Wildman–Crippen MR) is 99.1 cm³/mol. The predicted octanol–water partition coefficient (Wildman–Crippen LogP) is 2.18. The fourth-order valence-corrected chi connectivity index (χ4v) is 2.80. The molecule has 0 bridgehead atoms. The number of nitrogens with zero attached hydrogens (tertiary/aromatic N) is 1. The number of rotatable bonds is 7. The molecule has 0 aromatic heterocycles. The van der Waals surface area contributed by atoms with Gasteiger partial charge in [0.25, 0.3) is 0 Å². The molecule has 1 fully saturated rings. The molecule has 1 aromatic carbocycles. The van der Waals surface area contributed by atoms with E-state index >= 15 is 0 Å². The summed E-state index contributed by atoms with van der Waals surface area (Å²) in [5.74, 6) is 0.464. The second kappa shape index (κ2) is 7.85. The van der Waals surface area contributed by atoms with Crippen molar-refractivity contribution in [3.8, 4) is 0 Å². The maximum Gasteiger partial charge on any atom is 0.227 e. The quantitative estimate of drug-likeness (QED) is 0.523. The van der Waals surface area contributed by atoms with Crippen LogP contribution in [0.5, 0.6) is 0 Å². The summed E-state index contributed by atoms with van der Waals surface area (Å²) in [4.78, 5) is 16.3. The van der Waals surface area contributed by atoms with Crippen LogP contribution in [0, 0.1) is 11.2 Å². The second-order valence-corrected chi connectivity index (χ2v) is 7.31. The maximum absolute atomic E-state index is 13.5. The van der Waals surface area contributed by atoms with Crippen LogP contribution in [0.3, 0.4) is 0 Å². The lowest BCUT2D eigenvalue weighted by Gasteiger charge is -2.25. The van der Waals surface area contributed by atoms with E-state index in [1.54, 1.807) is 19.2 Å². The number of aliphatic imine (C=N–C) groups is 1. The third kappa shape index (κ3) is 4.94. The zero-order valence-corrected chi connectivity index (χ0v) is 15.6. The Kier molecular flexibility index (Phi) is 6.03. The van der Waals surface area contributed by atoms with Gasteiger partial charge < -0.3 is 16.0 Å². The highest BCUT2D eigenvalue weighted by atomic mass is 19.1. The van der Waals surface area contributed by atoms with E-state index in [9.17, 15) is 9.18 Å². The van der Waals surface area contributed by atoms with Crippen molar-refractivity contribution in [1.82, 2.24) is 16.0 Å². The molecule has 0 spiro atoms. The Hall–Kier alpha value is -2.11. The second-order valence-electron chi connectivity index (χ2n) is 7.31. The number of carbonyl (C=O) groups is 1. The van der Waals surface area contributed by atoms with Crippen LogP contribution in [0.2, 0.25) is 0 Å². The first-order valence-corrected chi connectivity index (χ1v) is 8.82. The van der Waals surface area contributed by atoms with Gasteiger partial charge in [0.15, 0.2) is 5.96 Å². The molecule has 0 atom stereocenters. The third-order valence-electron chi connectivity index (χ3n) is 4.76. The van der Waals surface area contributed by atoms with E-state index in [0.29, 0.717) is 25.6 Å². The highest BCUT2D eigenvalue weighted by molar-refractivity contribution is 5.84. The maximum atomic E-state index is 13.5. The van der Waals surface area contributed by atoms with Crippen molar-refractivity contribution in [2.24, 2.45) is 10.4 Å². The Morgan fingerprint density at radius 2 is 2.00 bits per heavy atom. The van der Waals surface area contributed by atoms with Gasteiger partial charge in [-0.2, -0.15) is 0 Å². The molecule has 0 unspecified atom stereocenters. The molecule has 0 aliphatic heterocycles. The lowest BCUT2D eigenvalue weighted by Crippen LogP contribution is -2.48. The Balaban J connectivity index is 1.90. The summed E-state index contributed by atoms with van der Waals surface area (Å²) in [7, 11) is 1.70. The molecule has 3 N–H and O–H groups in total. The van der Waals surface area contributed by atoms with Crippen molar-refractivity contribution in [2.45, 2.75) is 39.0 Å². The van der Waals surface area contributed by atoms with Gasteiger partial charge in [0, 0.05) is 32.1 Å². The van der Waals surface area contributed by atoms with Gasteiger partial charge in [-0.1, -0.05) is 12.1 Å². The summed E-state index contributed by atoms with van der Waals surface area (Å²) < 4.78 is 13.5. The smallest absolute Gasteiger partial charge is 0.227 e. The van der Waals surface area contributed by atoms with Gasteiger partial charge in [0.1, 0.15) is 5.82 Å². The summed E-state index contributed by atoms with van der Waals surface area (Å²) in [5.41, 5.74) is 0.473. The number of halogens is 1. The largest absolute Gasteiger partial charge is 0.356 e. The number of hydrogen-bond acceptors (Lipinski definition) is 2. The van der Waals surface area contributed by atoms with Crippen molar-refractivity contribution >= 4 is 11.9 Å². The molecule has 1 aliphatic carbocycles. The van der Waals surface area contributed by atoms with E-state index in [2.05, 4.69) is 20.9 Å². The van der Waals surface area contributed by atoms with Crippen molar-refractivity contribution in [1.29, 1.82) is 0 Å². The molecule has 5 nitrogen and oxygen atoms in total. The van der Waals surface area contributed by atoms with Crippen molar-refractivity contribution in [3.05, 3.63) is 35.6 Å². The highest BCUT2D eigenvalue weighted by Gasteiger charge is 2.44. The number of benzene rings is 1. The number of nitrogens with one attached hydrogen (secondary N) is 3. The molecule has 1 aromatic rings. The number of amides is 1. The average Bonchev–Trinajstić information content (AvgIpc) is 3.36. The summed E-state index contributed by atoms with van der Waals surface area (Å²) in [5, 5.41) is 9.38. The zero-order chi connectivity index (χ0) is 18.5. The Morgan fingerprint density at radius 3 is 2.56 bits per heavy atom. The van der Waals surface area contributed by atoms with Gasteiger partial charge in [-0.3, -0.25) is 9.79 Å². The minimum atomic E-state index is -0.534. The molecule has 0 radical (unpaired) electrons. The van der Waals surface area contributed by atoms with E-state index in [-0.39, 0.29) is 17.1 Å². The molecular formula is C19H29FN4O. The molecular weight excluding hydrogens is 319 g/mol. The van der Waals surface area contributed by atoms with Crippen LogP contribution in [0.4, 0.5) is 4.39 Å². The average molecular weight is 348 g/mol. The monoisotopic (exact) mass is 348 g/mol. The molecule has 25 heavy (non-hydrogen) atoms. The van der Waals surface area contributed by atoms with E-state index in [0.717, 1.165) is 18.4 Å². The summed E-state index contributed by atoms with van der Waals surface area (Å²) in [6, 6.07) is 6.82. The van der Waals surface area contributed by atoms with Crippen LogP contribution >= 0.6 is 0 Å². The molecule has 1 amide bonds. The number of carbonyl (C=O) groups excluding carboxylic acids is 1. The number of guanidine groups is 1. The van der Waals surface area contributed by atoms with E-state index < -0.39 is 5.41 Å². The molecule has 0 heterocycles. The van der Waals surface area contributed by atoms with Crippen LogP contribution < -0.4 is 16.0 Å². The fraction of sp³-hybridized carbons (Fsp3) is 0.579. The van der Waals surface area contributed by atoms with Gasteiger partial charge in [-0.15, -0.1) is 0 Å². The number of hydrogen-bond donors (Lipinski definition) is 3. The Labute approximate surface area is 149 Å². The van der Waals surface area contributed by atoms with Crippen molar-refractivity contribution in [2.75, 3.05) is 26.7 Å². The first-order chi connectivity index (χ1) is 11.8. The molecule has 2 rings (SSSR count). The van der Waals surface area contributed by atoms with Crippen molar-refractivity contribution < 1.29 is 9.18 Å². The van der Waals surface area contributed by atoms with Crippen LogP contribution in [-0.2, 0) is 10.2 Å². The Morgan fingerprint density at radius 1 is 1.28 bits per heavy atom. The van der Waals surface area contributed by atoms with Gasteiger partial charge >= 0.3 is 0 Å². The van der Waals surface area contributed by atoms with Crippen LogP contribution in [0.25, 0.3) is 0 Å². The normalized spacial score (nSPS) is 16.3. The molecule has 6 heteroatoms. The highest BCUT2D eigenvalue weighted by Crippen LogP contribution is 2.47.